The van der Waals surface area contributed by atoms with Crippen LogP contribution in [0.5, 0.6) is 0 Å². The first-order valence-corrected chi connectivity index (χ1v) is 7.04. The SMILES string of the molecule is Nc1nc2c(ncn2C2CCCc3ccccc32)c(=O)[nH]1. The molecule has 0 saturated heterocycles. The molecule has 6 nitrogen and oxygen atoms in total. The van der Waals surface area contributed by atoms with Crippen molar-refractivity contribution in [3.05, 3.63) is 52.1 Å². The van der Waals surface area contributed by atoms with Gasteiger partial charge in [-0.2, -0.15) is 4.98 Å². The molecule has 0 fully saturated rings. The predicted octanol–water partition coefficient (Wildman–Crippen LogP) is 1.63. The molecule has 1 aliphatic carbocycles. The summed E-state index contributed by atoms with van der Waals surface area (Å²) in [5.41, 5.74) is 8.91. The molecule has 2 heterocycles. The fourth-order valence-corrected chi connectivity index (χ4v) is 3.19. The van der Waals surface area contributed by atoms with Gasteiger partial charge in [-0.15, -0.1) is 0 Å². The monoisotopic (exact) mass is 281 g/mol. The number of rotatable bonds is 1. The summed E-state index contributed by atoms with van der Waals surface area (Å²) in [5.74, 6) is 0.123. The van der Waals surface area contributed by atoms with Crippen molar-refractivity contribution in [1.82, 2.24) is 19.5 Å². The van der Waals surface area contributed by atoms with Crippen LogP contribution in [0.15, 0.2) is 35.4 Å². The third kappa shape index (κ3) is 1.83. The Kier molecular flexibility index (Phi) is 2.57. The molecule has 1 atom stereocenters. The molecule has 1 aliphatic rings. The van der Waals surface area contributed by atoms with Gasteiger partial charge in [0.05, 0.1) is 12.4 Å². The standard InChI is InChI=1S/C15H15N5O/c16-15-18-13-12(14(21)19-15)17-8-20(13)11-7-3-5-9-4-1-2-6-10(9)11/h1-2,4,6,8,11H,3,5,7H2,(H3,16,18,19,21). The lowest BCUT2D eigenvalue weighted by atomic mass is 9.87. The Bertz CT molecular complexity index is 879. The van der Waals surface area contributed by atoms with Gasteiger partial charge in [-0.25, -0.2) is 4.98 Å². The summed E-state index contributed by atoms with van der Waals surface area (Å²) < 4.78 is 1.97. The number of imidazole rings is 1. The van der Waals surface area contributed by atoms with Gasteiger partial charge in [0.15, 0.2) is 11.2 Å². The van der Waals surface area contributed by atoms with E-state index in [9.17, 15) is 4.79 Å². The van der Waals surface area contributed by atoms with Crippen molar-refractivity contribution in [2.75, 3.05) is 5.73 Å². The molecular formula is C15H15N5O. The molecule has 2 aromatic heterocycles. The van der Waals surface area contributed by atoms with E-state index in [1.165, 1.54) is 11.1 Å². The number of benzene rings is 1. The summed E-state index contributed by atoms with van der Waals surface area (Å²) >= 11 is 0. The lowest BCUT2D eigenvalue weighted by molar-refractivity contribution is 0.497. The zero-order chi connectivity index (χ0) is 14.4. The summed E-state index contributed by atoms with van der Waals surface area (Å²) in [7, 11) is 0. The van der Waals surface area contributed by atoms with Gasteiger partial charge in [-0.05, 0) is 30.4 Å². The molecule has 0 amide bonds. The van der Waals surface area contributed by atoms with Crippen LogP contribution < -0.4 is 11.3 Å². The van der Waals surface area contributed by atoms with Gasteiger partial charge < -0.3 is 10.3 Å². The lowest BCUT2D eigenvalue weighted by Crippen LogP contribution is -2.18. The highest BCUT2D eigenvalue weighted by Gasteiger charge is 2.23. The van der Waals surface area contributed by atoms with Gasteiger partial charge in [0, 0.05) is 0 Å². The number of nitrogens with zero attached hydrogens (tertiary/aromatic N) is 3. The van der Waals surface area contributed by atoms with Crippen molar-refractivity contribution in [2.45, 2.75) is 25.3 Å². The second kappa shape index (κ2) is 4.44. The van der Waals surface area contributed by atoms with Gasteiger partial charge >= 0.3 is 0 Å². The summed E-state index contributed by atoms with van der Waals surface area (Å²) in [4.78, 5) is 22.8. The Hall–Kier alpha value is -2.63. The molecule has 0 aliphatic heterocycles. The highest BCUT2D eigenvalue weighted by atomic mass is 16.1. The number of hydrogen-bond acceptors (Lipinski definition) is 4. The minimum Gasteiger partial charge on any atom is -0.369 e. The van der Waals surface area contributed by atoms with E-state index in [4.69, 9.17) is 5.73 Å². The maximum Gasteiger partial charge on any atom is 0.280 e. The van der Waals surface area contributed by atoms with Gasteiger partial charge in [0.2, 0.25) is 5.95 Å². The van der Waals surface area contributed by atoms with E-state index in [0.29, 0.717) is 11.2 Å². The Morgan fingerprint density at radius 3 is 3.10 bits per heavy atom. The van der Waals surface area contributed by atoms with E-state index in [0.717, 1.165) is 19.3 Å². The molecule has 0 spiro atoms. The first kappa shape index (κ1) is 12.1. The molecule has 3 aromatic rings. The summed E-state index contributed by atoms with van der Waals surface area (Å²) in [6.07, 6.45) is 4.91. The Labute approximate surface area is 120 Å². The maximum atomic E-state index is 11.9. The average Bonchev–Trinajstić information content (AvgIpc) is 2.90. The van der Waals surface area contributed by atoms with Gasteiger partial charge in [-0.1, -0.05) is 24.3 Å². The first-order valence-electron chi connectivity index (χ1n) is 7.04. The number of aromatic amines is 1. The molecule has 106 valence electrons. The molecule has 4 rings (SSSR count). The van der Waals surface area contributed by atoms with Crippen LogP contribution in [0.1, 0.15) is 30.0 Å². The highest BCUT2D eigenvalue weighted by Crippen LogP contribution is 2.33. The van der Waals surface area contributed by atoms with Crippen LogP contribution in [-0.2, 0) is 6.42 Å². The lowest BCUT2D eigenvalue weighted by Gasteiger charge is -2.26. The molecule has 0 radical (unpaired) electrons. The minimum absolute atomic E-state index is 0.123. The van der Waals surface area contributed by atoms with Crippen LogP contribution >= 0.6 is 0 Å². The highest BCUT2D eigenvalue weighted by molar-refractivity contribution is 5.71. The van der Waals surface area contributed by atoms with E-state index in [1.807, 2.05) is 10.6 Å². The van der Waals surface area contributed by atoms with Crippen LogP contribution in [0, 0.1) is 0 Å². The normalized spacial score (nSPS) is 17.8. The van der Waals surface area contributed by atoms with Crippen molar-refractivity contribution in [2.24, 2.45) is 0 Å². The predicted molar refractivity (Wildman–Crippen MR) is 80.1 cm³/mol. The number of hydrogen-bond donors (Lipinski definition) is 2. The average molecular weight is 281 g/mol. The van der Waals surface area contributed by atoms with Gasteiger partial charge in [0.1, 0.15) is 0 Å². The quantitative estimate of drug-likeness (QED) is 0.709. The number of nitrogens with two attached hydrogens (primary N) is 1. The third-order valence-corrected chi connectivity index (χ3v) is 4.12. The van der Waals surface area contributed by atoms with Gasteiger partial charge in [0.25, 0.3) is 5.56 Å². The first-order chi connectivity index (χ1) is 10.2. The van der Waals surface area contributed by atoms with Crippen LogP contribution in [0.4, 0.5) is 5.95 Å². The fourth-order valence-electron chi connectivity index (χ4n) is 3.19. The summed E-state index contributed by atoms with van der Waals surface area (Å²) in [6, 6.07) is 8.57. The van der Waals surface area contributed by atoms with Crippen molar-refractivity contribution >= 4 is 17.1 Å². The number of anilines is 1. The molecule has 0 saturated carbocycles. The zero-order valence-electron chi connectivity index (χ0n) is 11.4. The molecule has 1 unspecified atom stereocenters. The Balaban J connectivity index is 1.94. The number of nitrogens with one attached hydrogen (secondary N) is 1. The van der Waals surface area contributed by atoms with E-state index in [2.05, 4.69) is 33.2 Å². The van der Waals surface area contributed by atoms with Crippen molar-refractivity contribution in [1.29, 1.82) is 0 Å². The number of nitrogen functional groups attached to an aromatic ring is 1. The third-order valence-electron chi connectivity index (χ3n) is 4.12. The second-order valence-electron chi connectivity index (χ2n) is 5.38. The maximum absolute atomic E-state index is 11.9. The van der Waals surface area contributed by atoms with Crippen LogP contribution in [0.3, 0.4) is 0 Å². The summed E-state index contributed by atoms with van der Waals surface area (Å²) in [5, 5.41) is 0. The molecule has 3 N–H and O–H groups in total. The topological polar surface area (TPSA) is 89.6 Å². The van der Waals surface area contributed by atoms with E-state index < -0.39 is 0 Å². The van der Waals surface area contributed by atoms with Crippen LogP contribution in [-0.4, -0.2) is 19.5 Å². The molecular weight excluding hydrogens is 266 g/mol. The smallest absolute Gasteiger partial charge is 0.280 e. The molecule has 21 heavy (non-hydrogen) atoms. The molecule has 0 bridgehead atoms. The Morgan fingerprint density at radius 1 is 1.33 bits per heavy atom. The van der Waals surface area contributed by atoms with Crippen LogP contribution in [0.25, 0.3) is 11.2 Å². The fraction of sp³-hybridized carbons (Fsp3) is 0.267. The molecule has 1 aromatic carbocycles. The Morgan fingerprint density at radius 2 is 2.19 bits per heavy atom. The van der Waals surface area contributed by atoms with Crippen molar-refractivity contribution < 1.29 is 0 Å². The largest absolute Gasteiger partial charge is 0.369 e. The van der Waals surface area contributed by atoms with Crippen molar-refractivity contribution in [3.63, 3.8) is 0 Å². The van der Waals surface area contributed by atoms with E-state index in [-0.39, 0.29) is 17.5 Å². The van der Waals surface area contributed by atoms with E-state index >= 15 is 0 Å². The van der Waals surface area contributed by atoms with Crippen molar-refractivity contribution in [3.8, 4) is 0 Å². The second-order valence-corrected chi connectivity index (χ2v) is 5.38. The minimum atomic E-state index is -0.291. The zero-order valence-corrected chi connectivity index (χ0v) is 11.4. The number of fused-ring (bicyclic) bond motifs is 2. The van der Waals surface area contributed by atoms with Crippen LogP contribution in [0.2, 0.25) is 0 Å². The number of H-pyrrole nitrogens is 1. The summed E-state index contributed by atoms with van der Waals surface area (Å²) in [6.45, 7) is 0. The van der Waals surface area contributed by atoms with E-state index in [1.54, 1.807) is 6.33 Å². The number of aryl methyl sites for hydroxylation is 1. The molecule has 6 heteroatoms. The van der Waals surface area contributed by atoms with Gasteiger partial charge in [-0.3, -0.25) is 9.78 Å². The number of aromatic nitrogens is 4.